The number of pyridine rings is 1. The minimum absolute atomic E-state index is 0.0643. The predicted molar refractivity (Wildman–Crippen MR) is 122 cm³/mol. The lowest BCUT2D eigenvalue weighted by atomic mass is 9.84. The Morgan fingerprint density at radius 1 is 1.13 bits per heavy atom. The Balaban J connectivity index is 1.30. The molecule has 0 aliphatic heterocycles. The molecule has 7 heteroatoms. The minimum atomic E-state index is -0.232. The Morgan fingerprint density at radius 3 is 2.74 bits per heavy atom. The monoisotopic (exact) mass is 438 g/mol. The number of hydrogen-bond acceptors (Lipinski definition) is 4. The largest absolute Gasteiger partial charge is 0.483 e. The molecule has 0 saturated heterocycles. The van der Waals surface area contributed by atoms with Gasteiger partial charge in [-0.15, -0.1) is 0 Å². The van der Waals surface area contributed by atoms with Gasteiger partial charge in [-0.2, -0.15) is 5.10 Å². The van der Waals surface area contributed by atoms with E-state index in [1.807, 2.05) is 41.2 Å². The van der Waals surface area contributed by atoms with Crippen molar-refractivity contribution in [2.75, 3.05) is 11.9 Å². The first-order chi connectivity index (χ1) is 15.2. The van der Waals surface area contributed by atoms with Gasteiger partial charge in [0.15, 0.2) is 12.4 Å². The first-order valence-corrected chi connectivity index (χ1v) is 11.2. The fraction of sp³-hybridized carbons (Fsp3) is 0.375. The highest BCUT2D eigenvalue weighted by atomic mass is 35.5. The third-order valence-corrected chi connectivity index (χ3v) is 5.90. The van der Waals surface area contributed by atoms with Crippen molar-refractivity contribution in [3.05, 3.63) is 71.1 Å². The van der Waals surface area contributed by atoms with Crippen LogP contribution in [0.1, 0.15) is 49.1 Å². The number of ether oxygens (including phenoxy) is 1. The lowest BCUT2D eigenvalue weighted by molar-refractivity contribution is -0.118. The number of nitrogens with one attached hydrogen (secondary N) is 1. The maximum Gasteiger partial charge on any atom is 0.263 e. The third kappa shape index (κ3) is 6.07. The standard InChI is InChI=1S/C24H27ClN4O2/c25-20-6-7-22(21(16-20)19-4-2-1-3-5-19)31-17-24(30)27-23-11-15-29(28-23)14-10-18-8-12-26-13-9-18/h6-9,11-13,15-16,19H,1-5,10,14,17H2,(H,27,28,30). The van der Waals surface area contributed by atoms with Crippen LogP contribution in [0.25, 0.3) is 0 Å². The molecule has 1 N–H and O–H groups in total. The van der Waals surface area contributed by atoms with Gasteiger partial charge in [0, 0.05) is 36.2 Å². The maximum atomic E-state index is 12.4. The van der Waals surface area contributed by atoms with Crippen LogP contribution < -0.4 is 10.1 Å². The second kappa shape index (κ2) is 10.4. The highest BCUT2D eigenvalue weighted by Gasteiger charge is 2.20. The highest BCUT2D eigenvalue weighted by Crippen LogP contribution is 2.38. The van der Waals surface area contributed by atoms with Gasteiger partial charge >= 0.3 is 0 Å². The Morgan fingerprint density at radius 2 is 1.94 bits per heavy atom. The van der Waals surface area contributed by atoms with E-state index in [1.165, 1.54) is 24.8 Å². The minimum Gasteiger partial charge on any atom is -0.483 e. The molecule has 1 fully saturated rings. The first-order valence-electron chi connectivity index (χ1n) is 10.8. The second-order valence-electron chi connectivity index (χ2n) is 7.92. The van der Waals surface area contributed by atoms with Gasteiger partial charge in [-0.05, 0) is 66.6 Å². The highest BCUT2D eigenvalue weighted by molar-refractivity contribution is 6.30. The Kier molecular flexibility index (Phi) is 7.20. The molecule has 0 atom stereocenters. The zero-order valence-electron chi connectivity index (χ0n) is 17.5. The van der Waals surface area contributed by atoms with Gasteiger partial charge in [0.1, 0.15) is 5.75 Å². The normalized spacial score (nSPS) is 14.4. The van der Waals surface area contributed by atoms with Gasteiger partial charge < -0.3 is 10.1 Å². The van der Waals surface area contributed by atoms with E-state index < -0.39 is 0 Å². The smallest absolute Gasteiger partial charge is 0.263 e. The summed E-state index contributed by atoms with van der Waals surface area (Å²) in [5.74, 6) is 1.48. The average Bonchev–Trinajstić information content (AvgIpc) is 3.25. The molecule has 1 saturated carbocycles. The molecule has 6 nitrogen and oxygen atoms in total. The van der Waals surface area contributed by atoms with Crippen molar-refractivity contribution in [1.82, 2.24) is 14.8 Å². The number of carbonyl (C=O) groups excluding carboxylic acids is 1. The lowest BCUT2D eigenvalue weighted by Crippen LogP contribution is -2.21. The molecular weight excluding hydrogens is 412 g/mol. The molecule has 3 aromatic rings. The number of benzene rings is 1. The number of amides is 1. The van der Waals surface area contributed by atoms with Gasteiger partial charge in [0.05, 0.1) is 0 Å². The van der Waals surface area contributed by atoms with Crippen LogP contribution in [0.4, 0.5) is 5.82 Å². The summed E-state index contributed by atoms with van der Waals surface area (Å²) in [5, 5.41) is 7.93. The quantitative estimate of drug-likeness (QED) is 0.522. The van der Waals surface area contributed by atoms with E-state index in [0.29, 0.717) is 16.8 Å². The number of carbonyl (C=O) groups is 1. The SMILES string of the molecule is O=C(COc1ccc(Cl)cc1C1CCCCC1)Nc1ccn(CCc2ccncc2)n1. The maximum absolute atomic E-state index is 12.4. The molecule has 4 rings (SSSR count). The zero-order valence-corrected chi connectivity index (χ0v) is 18.2. The van der Waals surface area contributed by atoms with Crippen LogP contribution in [-0.2, 0) is 17.8 Å². The fourth-order valence-corrected chi connectivity index (χ4v) is 4.23. The fourth-order valence-electron chi connectivity index (χ4n) is 4.05. The molecule has 1 aliphatic carbocycles. The van der Waals surface area contributed by atoms with Gasteiger partial charge in [0.2, 0.25) is 0 Å². The van der Waals surface area contributed by atoms with Crippen LogP contribution in [0.3, 0.4) is 0 Å². The molecule has 0 bridgehead atoms. The molecule has 0 radical (unpaired) electrons. The Bertz CT molecular complexity index is 1000. The van der Waals surface area contributed by atoms with Gasteiger partial charge in [-0.25, -0.2) is 0 Å². The molecule has 2 aromatic heterocycles. The number of halogens is 1. The van der Waals surface area contributed by atoms with Crippen molar-refractivity contribution in [3.63, 3.8) is 0 Å². The summed E-state index contributed by atoms with van der Waals surface area (Å²) in [4.78, 5) is 16.4. The average molecular weight is 439 g/mol. The molecule has 0 unspecified atom stereocenters. The topological polar surface area (TPSA) is 69.0 Å². The molecule has 1 aromatic carbocycles. The van der Waals surface area contributed by atoms with Crippen LogP contribution in [0.2, 0.25) is 5.02 Å². The summed E-state index contributed by atoms with van der Waals surface area (Å²) in [6.45, 7) is 0.664. The molecule has 1 amide bonds. The second-order valence-corrected chi connectivity index (χ2v) is 8.36. The van der Waals surface area contributed by atoms with Gasteiger partial charge in [-0.1, -0.05) is 30.9 Å². The molecule has 1 aliphatic rings. The summed E-state index contributed by atoms with van der Waals surface area (Å²) in [5.41, 5.74) is 2.31. The van der Waals surface area contributed by atoms with Crippen molar-refractivity contribution >= 4 is 23.3 Å². The summed E-state index contributed by atoms with van der Waals surface area (Å²) >= 11 is 6.22. The molecule has 31 heavy (non-hydrogen) atoms. The van der Waals surface area contributed by atoms with Crippen LogP contribution in [0.15, 0.2) is 55.0 Å². The third-order valence-electron chi connectivity index (χ3n) is 5.66. The van der Waals surface area contributed by atoms with E-state index in [9.17, 15) is 4.79 Å². The van der Waals surface area contributed by atoms with Crippen LogP contribution in [0.5, 0.6) is 5.75 Å². The Hall–Kier alpha value is -2.86. The summed E-state index contributed by atoms with van der Waals surface area (Å²) in [6.07, 6.45) is 12.3. The van der Waals surface area contributed by atoms with Gasteiger partial charge in [-0.3, -0.25) is 14.5 Å². The van der Waals surface area contributed by atoms with Crippen molar-refractivity contribution < 1.29 is 9.53 Å². The van der Waals surface area contributed by atoms with Crippen LogP contribution in [0, 0.1) is 0 Å². The zero-order chi connectivity index (χ0) is 21.5. The molecule has 162 valence electrons. The van der Waals surface area contributed by atoms with E-state index in [4.69, 9.17) is 16.3 Å². The van der Waals surface area contributed by atoms with Crippen LogP contribution in [-0.4, -0.2) is 27.3 Å². The predicted octanol–water partition coefficient (Wildman–Crippen LogP) is 5.24. The number of aryl methyl sites for hydroxylation is 2. The number of hydrogen-bond donors (Lipinski definition) is 1. The number of anilines is 1. The Labute approximate surface area is 187 Å². The van der Waals surface area contributed by atoms with E-state index in [-0.39, 0.29) is 12.5 Å². The van der Waals surface area contributed by atoms with E-state index >= 15 is 0 Å². The molecule has 2 heterocycles. The number of nitrogens with zero attached hydrogens (tertiary/aromatic N) is 3. The van der Waals surface area contributed by atoms with Gasteiger partial charge in [0.25, 0.3) is 5.91 Å². The summed E-state index contributed by atoms with van der Waals surface area (Å²) < 4.78 is 7.70. The van der Waals surface area contributed by atoms with Crippen molar-refractivity contribution in [1.29, 1.82) is 0 Å². The van der Waals surface area contributed by atoms with Crippen LogP contribution >= 0.6 is 11.6 Å². The van der Waals surface area contributed by atoms with E-state index in [2.05, 4.69) is 15.4 Å². The number of rotatable bonds is 8. The molecular formula is C24H27ClN4O2. The van der Waals surface area contributed by atoms with E-state index in [0.717, 1.165) is 37.1 Å². The van der Waals surface area contributed by atoms with Crippen molar-refractivity contribution in [2.45, 2.75) is 51.0 Å². The number of aromatic nitrogens is 3. The van der Waals surface area contributed by atoms with Crippen molar-refractivity contribution in [3.8, 4) is 5.75 Å². The summed E-state index contributed by atoms with van der Waals surface area (Å²) in [7, 11) is 0. The summed E-state index contributed by atoms with van der Waals surface area (Å²) in [6, 6.07) is 11.4. The van der Waals surface area contributed by atoms with Crippen molar-refractivity contribution in [2.24, 2.45) is 0 Å². The van der Waals surface area contributed by atoms with E-state index in [1.54, 1.807) is 18.5 Å². The lowest BCUT2D eigenvalue weighted by Gasteiger charge is -2.24. The molecule has 0 spiro atoms. The first kappa shape index (κ1) is 21.4.